The number of esters is 4. The van der Waals surface area contributed by atoms with Crippen LogP contribution in [0.4, 0.5) is 0 Å². The third-order valence-corrected chi connectivity index (χ3v) is 12.1. The third kappa shape index (κ3) is 10.6. The molecule has 45 heavy (non-hydrogen) atoms. The summed E-state index contributed by atoms with van der Waals surface area (Å²) in [4.78, 5) is 55.2. The Bertz CT molecular complexity index is 906. The molecule has 0 aromatic rings. The van der Waals surface area contributed by atoms with Gasteiger partial charge in [0.15, 0.2) is 0 Å². The monoisotopic (exact) mass is 704 g/mol. The lowest BCUT2D eigenvalue weighted by atomic mass is 9.88. The van der Waals surface area contributed by atoms with Crippen LogP contribution in [0.3, 0.4) is 0 Å². The summed E-state index contributed by atoms with van der Waals surface area (Å²) in [5.41, 5.74) is 0. The Balaban J connectivity index is 1.67. The molecule has 4 rings (SSSR count). The molecule has 0 heterocycles. The van der Waals surface area contributed by atoms with Crippen LogP contribution in [-0.4, -0.2) is 57.0 Å². The van der Waals surface area contributed by atoms with Crippen molar-refractivity contribution in [3.63, 3.8) is 0 Å². The predicted octanol–water partition coefficient (Wildman–Crippen LogP) is 6.94. The number of rotatable bonds is 11. The smallest absolute Gasteiger partial charge is 0.449 e. The summed E-state index contributed by atoms with van der Waals surface area (Å²) in [6.45, 7) is 1.89. The van der Waals surface area contributed by atoms with E-state index in [9.17, 15) is 19.2 Å². The summed E-state index contributed by atoms with van der Waals surface area (Å²) in [5, 5.41) is 0.813. The number of hydrogen-bond donors (Lipinski definition) is 4. The molecule has 4 aliphatic rings. The molecule has 4 saturated carbocycles. The molecule has 1 atom stereocenters. The summed E-state index contributed by atoms with van der Waals surface area (Å²) >= 11 is 18.3. The van der Waals surface area contributed by atoms with Gasteiger partial charge in [0.05, 0.1) is 23.7 Å². The van der Waals surface area contributed by atoms with E-state index in [2.05, 4.69) is 50.5 Å². The second kappa shape index (κ2) is 17.6. The highest BCUT2D eigenvalue weighted by molar-refractivity contribution is 7.81. The topological polar surface area (TPSA) is 105 Å². The van der Waals surface area contributed by atoms with Gasteiger partial charge in [-0.3, -0.25) is 19.2 Å². The minimum absolute atomic E-state index is 0.164. The van der Waals surface area contributed by atoms with E-state index in [-0.39, 0.29) is 33.3 Å². The standard InChI is InChI=1S/C33H52O8S4/c1-2-3-28(38-29(34)20-4-12-24(42)13-5-20)33(39-30(35)21-6-14-25(43)15-7-21,40-31(36)22-8-16-26(44)17-9-22)41-32(37)23-10-18-27(45)19-11-23/h20-28,42-45H,2-19H2,1H3. The van der Waals surface area contributed by atoms with E-state index in [1.807, 2.05) is 6.92 Å². The molecule has 0 aromatic carbocycles. The Labute approximate surface area is 290 Å². The molecule has 8 nitrogen and oxygen atoms in total. The maximum Gasteiger partial charge on any atom is 0.463 e. The lowest BCUT2D eigenvalue weighted by molar-refractivity contribution is -0.369. The molecule has 0 aromatic heterocycles. The van der Waals surface area contributed by atoms with Crippen molar-refractivity contribution >= 4 is 74.4 Å². The number of thiol groups is 4. The average Bonchev–Trinajstić information content (AvgIpc) is 3.02. The van der Waals surface area contributed by atoms with Crippen LogP contribution >= 0.6 is 50.5 Å². The largest absolute Gasteiger partial charge is 0.463 e. The van der Waals surface area contributed by atoms with E-state index in [4.69, 9.17) is 18.9 Å². The molecular formula is C33H52O8S4. The highest BCUT2D eigenvalue weighted by Crippen LogP contribution is 2.39. The molecule has 1 unspecified atom stereocenters. The number of carbonyl (C=O) groups excluding carboxylic acids is 4. The van der Waals surface area contributed by atoms with Crippen LogP contribution in [0.15, 0.2) is 0 Å². The van der Waals surface area contributed by atoms with Crippen molar-refractivity contribution in [3.05, 3.63) is 0 Å². The zero-order chi connectivity index (χ0) is 32.6. The number of carbonyl (C=O) groups is 4. The molecule has 0 bridgehead atoms. The maximum atomic E-state index is 13.9. The van der Waals surface area contributed by atoms with Gasteiger partial charge in [-0.15, -0.1) is 0 Å². The normalized spacial score (nSPS) is 34.4. The van der Waals surface area contributed by atoms with E-state index < -0.39 is 53.7 Å². The van der Waals surface area contributed by atoms with E-state index in [0.717, 1.165) is 51.4 Å². The summed E-state index contributed by atoms with van der Waals surface area (Å²) in [6, 6.07) is 0. The first-order valence-electron chi connectivity index (χ1n) is 17.1. The Morgan fingerprint density at radius 2 is 0.778 bits per heavy atom. The summed E-state index contributed by atoms with van der Waals surface area (Å²) in [6.07, 6.45) is 9.83. The Morgan fingerprint density at radius 1 is 0.511 bits per heavy atom. The summed E-state index contributed by atoms with van der Waals surface area (Å²) in [5.74, 6) is -6.66. The number of hydrogen-bond acceptors (Lipinski definition) is 12. The van der Waals surface area contributed by atoms with Gasteiger partial charge in [0.25, 0.3) is 0 Å². The Kier molecular flexibility index (Phi) is 14.5. The van der Waals surface area contributed by atoms with E-state index in [1.165, 1.54) is 0 Å². The van der Waals surface area contributed by atoms with Gasteiger partial charge >= 0.3 is 29.9 Å². The molecule has 4 fully saturated rings. The molecule has 12 heteroatoms. The second-order valence-corrected chi connectivity index (χ2v) is 16.5. The zero-order valence-corrected chi connectivity index (χ0v) is 30.1. The van der Waals surface area contributed by atoms with Crippen molar-refractivity contribution in [3.8, 4) is 0 Å². The molecular weight excluding hydrogens is 653 g/mol. The fraction of sp³-hybridized carbons (Fsp3) is 0.879. The SMILES string of the molecule is CCCC(OC(=O)C1CCC(S)CC1)C(OC(=O)C1CCC(S)CC1)(OC(=O)C1CCC(S)CC1)OC(=O)C1CCC(S)CC1. The van der Waals surface area contributed by atoms with Crippen LogP contribution in [0.2, 0.25) is 0 Å². The van der Waals surface area contributed by atoms with E-state index in [0.29, 0.717) is 57.8 Å². The van der Waals surface area contributed by atoms with E-state index >= 15 is 0 Å². The van der Waals surface area contributed by atoms with Crippen molar-refractivity contribution in [1.29, 1.82) is 0 Å². The van der Waals surface area contributed by atoms with Crippen LogP contribution in [-0.2, 0) is 38.1 Å². The van der Waals surface area contributed by atoms with Gasteiger partial charge in [0, 0.05) is 21.0 Å². The lowest BCUT2D eigenvalue weighted by Gasteiger charge is -2.40. The van der Waals surface area contributed by atoms with Gasteiger partial charge in [-0.25, -0.2) is 0 Å². The third-order valence-electron chi connectivity index (χ3n) is 10.1. The molecule has 0 saturated heterocycles. The van der Waals surface area contributed by atoms with Crippen molar-refractivity contribution in [2.45, 2.75) is 156 Å². The van der Waals surface area contributed by atoms with Gasteiger partial charge in [-0.1, -0.05) is 13.3 Å². The molecule has 0 radical (unpaired) electrons. The highest BCUT2D eigenvalue weighted by Gasteiger charge is 2.56. The first-order valence-corrected chi connectivity index (χ1v) is 19.2. The fourth-order valence-electron chi connectivity index (χ4n) is 6.98. The summed E-state index contributed by atoms with van der Waals surface area (Å²) < 4.78 is 24.5. The molecule has 0 amide bonds. The van der Waals surface area contributed by atoms with Crippen LogP contribution in [0, 0.1) is 23.7 Å². The molecule has 4 aliphatic carbocycles. The summed E-state index contributed by atoms with van der Waals surface area (Å²) in [7, 11) is 0. The Hall–Kier alpha value is -0.720. The van der Waals surface area contributed by atoms with Crippen molar-refractivity contribution < 1.29 is 38.1 Å². The first kappa shape index (κ1) is 37.1. The lowest BCUT2D eigenvalue weighted by Crippen LogP contribution is -2.57. The Morgan fingerprint density at radius 3 is 1.04 bits per heavy atom. The first-order chi connectivity index (χ1) is 21.5. The molecule has 0 aliphatic heterocycles. The number of ether oxygens (including phenoxy) is 4. The minimum Gasteiger partial charge on any atom is -0.449 e. The zero-order valence-electron chi connectivity index (χ0n) is 26.5. The van der Waals surface area contributed by atoms with Gasteiger partial charge < -0.3 is 18.9 Å². The molecule has 0 N–H and O–H groups in total. The van der Waals surface area contributed by atoms with Crippen molar-refractivity contribution in [2.24, 2.45) is 23.7 Å². The van der Waals surface area contributed by atoms with Crippen LogP contribution in [0.5, 0.6) is 0 Å². The van der Waals surface area contributed by atoms with Gasteiger partial charge in [-0.05, 0) is 109 Å². The fourth-order valence-corrected chi connectivity index (χ4v) is 8.18. The minimum atomic E-state index is -2.52. The molecule has 0 spiro atoms. The van der Waals surface area contributed by atoms with Gasteiger partial charge in [-0.2, -0.15) is 50.5 Å². The van der Waals surface area contributed by atoms with E-state index in [1.54, 1.807) is 0 Å². The predicted molar refractivity (Wildman–Crippen MR) is 185 cm³/mol. The van der Waals surface area contributed by atoms with Crippen LogP contribution in [0.1, 0.15) is 122 Å². The van der Waals surface area contributed by atoms with Crippen molar-refractivity contribution in [2.75, 3.05) is 0 Å². The maximum absolute atomic E-state index is 13.9. The quantitative estimate of drug-likeness (QED) is 0.104. The van der Waals surface area contributed by atoms with Gasteiger partial charge in [0.2, 0.25) is 6.10 Å². The average molecular weight is 705 g/mol. The van der Waals surface area contributed by atoms with Crippen molar-refractivity contribution in [1.82, 2.24) is 0 Å². The van der Waals surface area contributed by atoms with Crippen LogP contribution in [0.25, 0.3) is 0 Å². The second-order valence-electron chi connectivity index (χ2n) is 13.6. The van der Waals surface area contributed by atoms with Crippen LogP contribution < -0.4 is 0 Å². The van der Waals surface area contributed by atoms with Gasteiger partial charge in [0.1, 0.15) is 0 Å². The highest BCUT2D eigenvalue weighted by atomic mass is 32.1. The molecule has 256 valence electrons.